The molecule has 0 unspecified atom stereocenters. The van der Waals surface area contributed by atoms with Gasteiger partial charge in [-0.1, -0.05) is 64.5 Å². The Morgan fingerprint density at radius 1 is 0.513 bits per heavy atom. The van der Waals surface area contributed by atoms with Crippen molar-refractivity contribution < 1.29 is 19.8 Å². The van der Waals surface area contributed by atoms with Crippen LogP contribution in [0.5, 0.6) is 0 Å². The number of rotatable bonds is 1. The Kier molecular flexibility index (Phi) is 25.3. The van der Waals surface area contributed by atoms with Crippen LogP contribution in [-0.4, -0.2) is 76.0 Å². The molecule has 5 rings (SSSR count). The third-order valence-electron chi connectivity index (χ3n) is 3.51. The maximum Gasteiger partial charge on any atom is 2.00 e. The normalized spacial score (nSPS) is 8.67. The first kappa shape index (κ1) is 40.8. The summed E-state index contributed by atoms with van der Waals surface area (Å²) in [6.45, 7) is 0. The number of nitrogens with zero attached hydrogens (tertiary/aromatic N) is 6. The van der Waals surface area contributed by atoms with E-state index in [0.717, 1.165) is 10.0 Å². The van der Waals surface area contributed by atoms with Crippen molar-refractivity contribution in [2.24, 2.45) is 0 Å². The largest absolute Gasteiger partial charge is 2.00 e. The summed E-state index contributed by atoms with van der Waals surface area (Å²) < 4.78 is 1.13. The molecule has 0 N–H and O–H groups in total. The molecule has 15 heteroatoms. The monoisotopic (exact) mass is 770 g/mol. The molecule has 0 saturated carbocycles. The van der Waals surface area contributed by atoms with Gasteiger partial charge in [0.05, 0.1) is 0 Å². The van der Waals surface area contributed by atoms with Crippen molar-refractivity contribution in [2.45, 2.75) is 0 Å². The van der Waals surface area contributed by atoms with E-state index in [9.17, 15) is 0 Å². The van der Waals surface area contributed by atoms with E-state index in [4.69, 9.17) is 58.0 Å². The van der Waals surface area contributed by atoms with E-state index in [1.807, 2.05) is 91.0 Å². The van der Waals surface area contributed by atoms with Gasteiger partial charge in [-0.05, 0) is 70.1 Å². The zero-order valence-corrected chi connectivity index (χ0v) is 29.7. The Hall–Kier alpha value is -0.378. The van der Waals surface area contributed by atoms with Gasteiger partial charge >= 0.3 is 46.1 Å². The van der Waals surface area contributed by atoms with Gasteiger partial charge in [-0.2, -0.15) is 66.3 Å². The first-order valence-electron chi connectivity index (χ1n) is 9.80. The van der Waals surface area contributed by atoms with E-state index in [-0.39, 0.29) is 92.4 Å². The molecule has 5 aromatic rings. The Balaban J connectivity index is -0.000000225. The predicted molar refractivity (Wildman–Crippen MR) is 163 cm³/mol. The minimum absolute atomic E-state index is 0. The molecule has 39 heavy (non-hydrogen) atoms. The van der Waals surface area contributed by atoms with Crippen molar-refractivity contribution in [1.82, 2.24) is 29.9 Å². The fraction of sp³-hybridized carbons (Fsp3) is 0. The molecule has 0 bridgehead atoms. The van der Waals surface area contributed by atoms with E-state index in [2.05, 4.69) is 51.9 Å². The molecule has 3 aromatic carbocycles. The van der Waals surface area contributed by atoms with Crippen LogP contribution in [0, 0.1) is 6.07 Å². The summed E-state index contributed by atoms with van der Waals surface area (Å²) in [5.74, 6) is 0.482. The topological polar surface area (TPSA) is 77.3 Å². The van der Waals surface area contributed by atoms with Crippen molar-refractivity contribution in [1.29, 1.82) is 0 Å². The van der Waals surface area contributed by atoms with Crippen LogP contribution in [-0.2, 0) is 0 Å². The number of hydrogen-bond acceptors (Lipinski definition) is 6. The Bertz CT molecular complexity index is 1230. The van der Waals surface area contributed by atoms with Crippen LogP contribution < -0.4 is 17.0 Å². The Morgan fingerprint density at radius 3 is 1.13 bits per heavy atom. The molecule has 0 aliphatic heterocycles. The molecule has 0 saturated heterocycles. The van der Waals surface area contributed by atoms with Crippen LogP contribution in [0.25, 0.3) is 11.4 Å². The van der Waals surface area contributed by atoms with Crippen molar-refractivity contribution in [3.8, 4) is 11.4 Å². The van der Waals surface area contributed by atoms with Crippen molar-refractivity contribution in [3.05, 3.63) is 128 Å². The summed E-state index contributed by atoms with van der Waals surface area (Å²) in [4.78, 5) is 22.0. The van der Waals surface area contributed by atoms with Gasteiger partial charge in [0.25, 0.3) is 0 Å². The van der Waals surface area contributed by atoms with Crippen molar-refractivity contribution >= 4 is 120 Å². The van der Waals surface area contributed by atoms with Gasteiger partial charge in [0, 0.05) is 10.0 Å². The minimum Gasteiger partial charge on any atom is -1.00 e. The molecule has 6 nitrogen and oxygen atoms in total. The van der Waals surface area contributed by atoms with Crippen LogP contribution >= 0.6 is 73.9 Å². The number of benzene rings is 3. The molecule has 0 radical (unpaired) electrons. The van der Waals surface area contributed by atoms with Gasteiger partial charge in [-0.25, -0.2) is 0 Å². The molecule has 2 aromatic heterocycles. The minimum atomic E-state index is 0. The molecule has 0 atom stereocenters. The Morgan fingerprint density at radius 2 is 0.846 bits per heavy atom. The van der Waals surface area contributed by atoms with Crippen LogP contribution in [0.1, 0.15) is 2.85 Å². The summed E-state index contributed by atoms with van der Waals surface area (Å²) >= 11 is 30.6. The van der Waals surface area contributed by atoms with Crippen LogP contribution in [0.15, 0.2) is 95.5 Å². The van der Waals surface area contributed by atoms with E-state index < -0.39 is 0 Å². The molecule has 2 heterocycles. The second kappa shape index (κ2) is 24.2. The fourth-order valence-electron chi connectivity index (χ4n) is 2.10. The molecular formula is C24H17Br2Cl5Mg2N6. The number of hydrogen-bond donors (Lipinski definition) is 0. The van der Waals surface area contributed by atoms with E-state index >= 15 is 0 Å². The van der Waals surface area contributed by atoms with E-state index in [1.165, 1.54) is 0 Å². The van der Waals surface area contributed by atoms with Crippen LogP contribution in [0.3, 0.4) is 0 Å². The maximum atomic E-state index is 5.65. The van der Waals surface area contributed by atoms with Gasteiger partial charge in [-0.15, -0.1) is 0 Å². The molecule has 0 aliphatic rings. The number of halogens is 7. The quantitative estimate of drug-likeness (QED) is 0.175. The smallest absolute Gasteiger partial charge is 1.00 e. The molecule has 0 fully saturated rings. The summed E-state index contributed by atoms with van der Waals surface area (Å²) in [7, 11) is 0. The van der Waals surface area contributed by atoms with Gasteiger partial charge in [0.1, 0.15) is 0 Å². The zero-order chi connectivity index (χ0) is 26.2. The average Bonchev–Trinajstić information content (AvgIpc) is 2.86. The summed E-state index contributed by atoms with van der Waals surface area (Å²) in [6.07, 6.45) is 0. The molecular weight excluding hydrogens is 758 g/mol. The average molecular weight is 775 g/mol. The standard InChI is InChI=1S/C9H5Cl2N3.C6H5Br.C6H5.C3Cl3N3.BrH.2Mg.2H/c10-8-12-7(13-9(11)14-8)6-4-2-1-3-5-6;7-6-4-2-1-3-5-6;1-2-4-6-5-3-1;4-1-7-2(5)9-3(6)8-1;;;;;/h1-5H;1-5H;1-5H;;1H;;;;/q;;-1;;;2*+2;2*-1/p-1. The van der Waals surface area contributed by atoms with E-state index in [0.29, 0.717) is 5.82 Å². The van der Waals surface area contributed by atoms with Crippen molar-refractivity contribution in [3.63, 3.8) is 0 Å². The first-order chi connectivity index (χ1) is 17.3. The van der Waals surface area contributed by atoms with Crippen LogP contribution in [0.4, 0.5) is 0 Å². The Labute approximate surface area is 305 Å². The second-order valence-corrected chi connectivity index (χ2v) is 8.68. The predicted octanol–water partition coefficient (Wildman–Crippen LogP) is 5.08. The first-order valence-corrected chi connectivity index (χ1v) is 12.5. The third-order valence-corrected chi connectivity index (χ3v) is 4.88. The van der Waals surface area contributed by atoms with Gasteiger partial charge in [0.2, 0.25) is 26.4 Å². The molecule has 0 spiro atoms. The number of aromatic nitrogens is 6. The van der Waals surface area contributed by atoms with Crippen LogP contribution in [0.2, 0.25) is 26.4 Å². The van der Waals surface area contributed by atoms with Gasteiger partial charge in [0.15, 0.2) is 5.82 Å². The van der Waals surface area contributed by atoms with Gasteiger partial charge in [-0.3, -0.25) is 0 Å². The molecule has 0 amide bonds. The summed E-state index contributed by atoms with van der Waals surface area (Å²) in [5.41, 5.74) is 0.860. The second-order valence-electron chi connectivity index (χ2n) is 6.08. The molecule has 196 valence electrons. The zero-order valence-electron chi connectivity index (χ0n) is 21.9. The maximum absolute atomic E-state index is 5.65. The third kappa shape index (κ3) is 19.4. The summed E-state index contributed by atoms with van der Waals surface area (Å²) in [5, 5.41) is 0.202. The van der Waals surface area contributed by atoms with Crippen molar-refractivity contribution in [2.75, 3.05) is 0 Å². The SMILES string of the molecule is Brc1ccccc1.Clc1nc(Cl)nc(-c2ccccc2)n1.Clc1nc(Cl)nc(Cl)n1.[Br-].[H-].[H-].[Mg+2].[Mg+2].[c-]1ccccc1. The fourth-order valence-corrected chi connectivity index (χ4v) is 3.38. The van der Waals surface area contributed by atoms with E-state index in [1.54, 1.807) is 0 Å². The summed E-state index contributed by atoms with van der Waals surface area (Å²) in [6, 6.07) is 31.9. The molecule has 0 aliphatic carbocycles. The van der Waals surface area contributed by atoms with Gasteiger partial charge < -0.3 is 19.8 Å².